The molecular weight excluding hydrogens is 286 g/mol. The number of rotatable bonds is 4. The Bertz CT molecular complexity index is 688. The minimum absolute atomic E-state index is 0.0428. The van der Waals surface area contributed by atoms with Gasteiger partial charge >= 0.3 is 0 Å². The highest BCUT2D eigenvalue weighted by molar-refractivity contribution is 6.30. The van der Waals surface area contributed by atoms with E-state index >= 15 is 0 Å². The molecule has 0 aliphatic rings. The fourth-order valence-electron chi connectivity index (χ4n) is 1.65. The van der Waals surface area contributed by atoms with Crippen LogP contribution < -0.4 is 5.32 Å². The van der Waals surface area contributed by atoms with Gasteiger partial charge in [0, 0.05) is 24.0 Å². The van der Waals surface area contributed by atoms with Gasteiger partial charge in [-0.3, -0.25) is 9.78 Å². The van der Waals surface area contributed by atoms with Crippen molar-refractivity contribution in [2.45, 2.75) is 6.54 Å². The van der Waals surface area contributed by atoms with E-state index in [2.05, 4.69) is 10.3 Å². The van der Waals surface area contributed by atoms with Crippen molar-refractivity contribution in [3.63, 3.8) is 0 Å². The van der Waals surface area contributed by atoms with Crippen LogP contribution in [0.25, 0.3) is 6.08 Å². The number of aromatic nitrogens is 1. The lowest BCUT2D eigenvalue weighted by molar-refractivity contribution is -0.117. The molecule has 0 fully saturated rings. The van der Waals surface area contributed by atoms with Crippen molar-refractivity contribution < 1.29 is 4.79 Å². The molecular formula is C16H12ClN3O. The monoisotopic (exact) mass is 297 g/mol. The molecule has 0 atom stereocenters. The zero-order chi connectivity index (χ0) is 15.1. The molecule has 0 saturated heterocycles. The van der Waals surface area contributed by atoms with Crippen molar-refractivity contribution >= 4 is 23.6 Å². The quantitative estimate of drug-likeness (QED) is 0.697. The molecule has 4 nitrogen and oxygen atoms in total. The lowest BCUT2D eigenvalue weighted by atomic mass is 10.1. The first-order chi connectivity index (χ1) is 10.2. The van der Waals surface area contributed by atoms with Crippen LogP contribution in [0.3, 0.4) is 0 Å². The number of nitriles is 1. The average Bonchev–Trinajstić information content (AvgIpc) is 2.53. The van der Waals surface area contributed by atoms with E-state index in [9.17, 15) is 4.79 Å². The van der Waals surface area contributed by atoms with Crippen LogP contribution in [0.4, 0.5) is 0 Å². The fraction of sp³-hybridized carbons (Fsp3) is 0.0625. The average molecular weight is 298 g/mol. The number of nitrogens with one attached hydrogen (secondary N) is 1. The van der Waals surface area contributed by atoms with Gasteiger partial charge < -0.3 is 5.32 Å². The predicted molar refractivity (Wildman–Crippen MR) is 81.1 cm³/mol. The van der Waals surface area contributed by atoms with E-state index in [4.69, 9.17) is 16.9 Å². The standard InChI is InChI=1S/C16H12ClN3O/c17-15-5-3-12(4-6-15)8-14(9-18)16(21)20-11-13-2-1-7-19-10-13/h1-8,10H,11H2,(H,20,21)/b14-8-. The van der Waals surface area contributed by atoms with E-state index in [-0.39, 0.29) is 5.57 Å². The van der Waals surface area contributed by atoms with Crippen molar-refractivity contribution in [2.75, 3.05) is 0 Å². The lowest BCUT2D eigenvalue weighted by Crippen LogP contribution is -2.23. The number of nitrogens with zero attached hydrogens (tertiary/aromatic N) is 2. The fourth-order valence-corrected chi connectivity index (χ4v) is 1.78. The molecule has 1 heterocycles. The molecule has 0 saturated carbocycles. The van der Waals surface area contributed by atoms with E-state index in [0.717, 1.165) is 11.1 Å². The van der Waals surface area contributed by atoms with Crippen LogP contribution in [0.15, 0.2) is 54.4 Å². The first-order valence-corrected chi connectivity index (χ1v) is 6.61. The van der Waals surface area contributed by atoms with Crippen molar-refractivity contribution in [1.29, 1.82) is 5.26 Å². The van der Waals surface area contributed by atoms with Crippen LogP contribution in [-0.4, -0.2) is 10.9 Å². The maximum Gasteiger partial charge on any atom is 0.262 e. The molecule has 0 aliphatic carbocycles. The van der Waals surface area contributed by atoms with Gasteiger partial charge in [0.2, 0.25) is 0 Å². The topological polar surface area (TPSA) is 65.8 Å². The molecule has 5 heteroatoms. The Morgan fingerprint density at radius 1 is 1.33 bits per heavy atom. The molecule has 1 aromatic carbocycles. The van der Waals surface area contributed by atoms with Gasteiger partial charge in [0.1, 0.15) is 11.6 Å². The minimum atomic E-state index is -0.420. The molecule has 0 spiro atoms. The van der Waals surface area contributed by atoms with Gasteiger partial charge in [-0.2, -0.15) is 5.26 Å². The van der Waals surface area contributed by atoms with Gasteiger partial charge in [-0.05, 0) is 35.4 Å². The minimum Gasteiger partial charge on any atom is -0.347 e. The number of amides is 1. The van der Waals surface area contributed by atoms with Crippen molar-refractivity contribution in [3.05, 3.63) is 70.5 Å². The highest BCUT2D eigenvalue weighted by atomic mass is 35.5. The predicted octanol–water partition coefficient (Wildman–Crippen LogP) is 2.96. The van der Waals surface area contributed by atoms with E-state index in [0.29, 0.717) is 11.6 Å². The van der Waals surface area contributed by atoms with Crippen LogP contribution in [0.5, 0.6) is 0 Å². The van der Waals surface area contributed by atoms with Gasteiger partial charge in [0.25, 0.3) is 5.91 Å². The smallest absolute Gasteiger partial charge is 0.262 e. The second kappa shape index (κ2) is 7.22. The Hall–Kier alpha value is -2.64. The third-order valence-corrected chi connectivity index (χ3v) is 2.97. The molecule has 2 aromatic rings. The third kappa shape index (κ3) is 4.44. The Kier molecular flexibility index (Phi) is 5.08. The number of hydrogen-bond donors (Lipinski definition) is 1. The Labute approximate surface area is 127 Å². The molecule has 1 aromatic heterocycles. The Balaban J connectivity index is 2.05. The summed E-state index contributed by atoms with van der Waals surface area (Å²) in [5, 5.41) is 12.4. The summed E-state index contributed by atoms with van der Waals surface area (Å²) in [6.45, 7) is 0.326. The lowest BCUT2D eigenvalue weighted by Gasteiger charge is -2.04. The SMILES string of the molecule is N#C/C(=C/c1ccc(Cl)cc1)C(=O)NCc1cccnc1. The highest BCUT2D eigenvalue weighted by Crippen LogP contribution is 2.12. The summed E-state index contributed by atoms with van der Waals surface area (Å²) in [5.41, 5.74) is 1.66. The van der Waals surface area contributed by atoms with E-state index in [1.807, 2.05) is 12.1 Å². The van der Waals surface area contributed by atoms with E-state index in [1.165, 1.54) is 6.08 Å². The normalized spacial score (nSPS) is 10.8. The van der Waals surface area contributed by atoms with Crippen molar-refractivity contribution in [1.82, 2.24) is 10.3 Å². The first-order valence-electron chi connectivity index (χ1n) is 6.23. The number of hydrogen-bond acceptors (Lipinski definition) is 3. The molecule has 21 heavy (non-hydrogen) atoms. The molecule has 2 rings (SSSR count). The van der Waals surface area contributed by atoms with Crippen molar-refractivity contribution in [2.24, 2.45) is 0 Å². The summed E-state index contributed by atoms with van der Waals surface area (Å²) in [6.07, 6.45) is 4.84. The summed E-state index contributed by atoms with van der Waals surface area (Å²) >= 11 is 5.79. The van der Waals surface area contributed by atoms with Crippen molar-refractivity contribution in [3.8, 4) is 6.07 Å². The number of halogens is 1. The molecule has 1 amide bonds. The number of carbonyl (C=O) groups is 1. The molecule has 0 aliphatic heterocycles. The zero-order valence-electron chi connectivity index (χ0n) is 11.1. The van der Waals surface area contributed by atoms with E-state index < -0.39 is 5.91 Å². The van der Waals surface area contributed by atoms with Gasteiger partial charge in [-0.15, -0.1) is 0 Å². The van der Waals surface area contributed by atoms with Crippen LogP contribution in [-0.2, 0) is 11.3 Å². The van der Waals surface area contributed by atoms with E-state index in [1.54, 1.807) is 42.7 Å². The summed E-state index contributed by atoms with van der Waals surface area (Å²) in [7, 11) is 0. The van der Waals surface area contributed by atoms with Gasteiger partial charge in [0.15, 0.2) is 0 Å². The molecule has 1 N–H and O–H groups in total. The number of carbonyl (C=O) groups excluding carboxylic acids is 1. The number of pyridine rings is 1. The second-order valence-corrected chi connectivity index (χ2v) is 4.70. The summed E-state index contributed by atoms with van der Waals surface area (Å²) in [4.78, 5) is 15.9. The Morgan fingerprint density at radius 2 is 2.10 bits per heavy atom. The molecule has 104 valence electrons. The van der Waals surface area contributed by atoms with Crippen LogP contribution in [0.1, 0.15) is 11.1 Å². The number of benzene rings is 1. The van der Waals surface area contributed by atoms with Gasteiger partial charge in [-0.1, -0.05) is 29.8 Å². The second-order valence-electron chi connectivity index (χ2n) is 4.27. The summed E-state index contributed by atoms with van der Waals surface area (Å²) in [5.74, 6) is -0.420. The van der Waals surface area contributed by atoms with Crippen LogP contribution in [0, 0.1) is 11.3 Å². The molecule has 0 unspecified atom stereocenters. The van der Waals surface area contributed by atoms with Gasteiger partial charge in [-0.25, -0.2) is 0 Å². The summed E-state index contributed by atoms with van der Waals surface area (Å²) < 4.78 is 0. The highest BCUT2D eigenvalue weighted by Gasteiger charge is 2.08. The zero-order valence-corrected chi connectivity index (χ0v) is 11.8. The van der Waals surface area contributed by atoms with Gasteiger partial charge in [0.05, 0.1) is 0 Å². The third-order valence-electron chi connectivity index (χ3n) is 2.72. The largest absolute Gasteiger partial charge is 0.347 e. The molecule has 0 radical (unpaired) electrons. The maximum atomic E-state index is 12.0. The van der Waals surface area contributed by atoms with Crippen LogP contribution in [0.2, 0.25) is 5.02 Å². The summed E-state index contributed by atoms with van der Waals surface area (Å²) in [6, 6.07) is 12.4. The first kappa shape index (κ1) is 14.8. The van der Waals surface area contributed by atoms with Crippen LogP contribution >= 0.6 is 11.6 Å². The Morgan fingerprint density at radius 3 is 2.71 bits per heavy atom. The maximum absolute atomic E-state index is 12.0. The molecule has 0 bridgehead atoms.